The first-order valence-corrected chi connectivity index (χ1v) is 8.37. The summed E-state index contributed by atoms with van der Waals surface area (Å²) >= 11 is 0. The number of fused-ring (bicyclic) bond motifs is 1. The van der Waals surface area contributed by atoms with Crippen molar-refractivity contribution in [2.75, 3.05) is 34.9 Å². The fraction of sp³-hybridized carbons (Fsp3) is 0.556. The predicted octanol–water partition coefficient (Wildman–Crippen LogP) is 2.13. The Morgan fingerprint density at radius 1 is 1.08 bits per heavy atom. The SMILES string of the molecule is COc1cc2c(=O)n(C(C)C)c(=O)n(CCCN(C)C)c2cc1OC.Cl. The summed E-state index contributed by atoms with van der Waals surface area (Å²) in [4.78, 5) is 27.8. The average Bonchev–Trinajstić information content (AvgIpc) is 2.56. The quantitative estimate of drug-likeness (QED) is 0.730. The van der Waals surface area contributed by atoms with E-state index in [9.17, 15) is 9.59 Å². The van der Waals surface area contributed by atoms with Crippen LogP contribution in [0.15, 0.2) is 21.7 Å². The van der Waals surface area contributed by atoms with E-state index in [-0.39, 0.29) is 29.7 Å². The van der Waals surface area contributed by atoms with Crippen molar-refractivity contribution in [2.45, 2.75) is 32.9 Å². The van der Waals surface area contributed by atoms with Gasteiger partial charge in [0.25, 0.3) is 5.56 Å². The minimum atomic E-state index is -0.306. The molecular formula is C18H28ClN3O4. The standard InChI is InChI=1S/C18H27N3O4.ClH/c1-12(2)21-17(22)13-10-15(24-5)16(25-6)11-14(13)20(18(21)23)9-7-8-19(3)4;/h10-12H,7-9H2,1-6H3;1H. The topological polar surface area (TPSA) is 65.7 Å². The lowest BCUT2D eigenvalue weighted by Crippen LogP contribution is -2.41. The van der Waals surface area contributed by atoms with Crippen LogP contribution in [0.25, 0.3) is 10.9 Å². The Hall–Kier alpha value is -1.99. The van der Waals surface area contributed by atoms with Crippen LogP contribution in [0.2, 0.25) is 0 Å². The maximum atomic E-state index is 12.9. The zero-order valence-corrected chi connectivity index (χ0v) is 17.1. The molecule has 0 atom stereocenters. The van der Waals surface area contributed by atoms with Crippen LogP contribution in [0.3, 0.4) is 0 Å². The van der Waals surface area contributed by atoms with Crippen LogP contribution in [0.5, 0.6) is 11.5 Å². The van der Waals surface area contributed by atoms with Crippen molar-refractivity contribution < 1.29 is 9.47 Å². The molecule has 146 valence electrons. The molecule has 26 heavy (non-hydrogen) atoms. The Bertz CT molecular complexity index is 871. The van der Waals surface area contributed by atoms with Gasteiger partial charge in [-0.25, -0.2) is 4.79 Å². The van der Waals surface area contributed by atoms with Gasteiger partial charge >= 0.3 is 5.69 Å². The minimum absolute atomic E-state index is 0. The number of halogens is 1. The van der Waals surface area contributed by atoms with E-state index in [0.29, 0.717) is 28.9 Å². The molecule has 0 unspecified atom stereocenters. The van der Waals surface area contributed by atoms with E-state index in [1.165, 1.54) is 18.8 Å². The van der Waals surface area contributed by atoms with Crippen molar-refractivity contribution in [3.8, 4) is 11.5 Å². The van der Waals surface area contributed by atoms with Gasteiger partial charge in [-0.05, 0) is 47.0 Å². The number of benzene rings is 1. The van der Waals surface area contributed by atoms with E-state index in [1.807, 2.05) is 27.9 Å². The summed E-state index contributed by atoms with van der Waals surface area (Å²) in [5.41, 5.74) is -0.0263. The Morgan fingerprint density at radius 3 is 2.15 bits per heavy atom. The van der Waals surface area contributed by atoms with Gasteiger partial charge in [-0.3, -0.25) is 13.9 Å². The Labute approximate surface area is 159 Å². The van der Waals surface area contributed by atoms with Crippen LogP contribution < -0.4 is 20.7 Å². The number of nitrogens with zero attached hydrogens (tertiary/aromatic N) is 3. The lowest BCUT2D eigenvalue weighted by molar-refractivity contribution is 0.355. The molecule has 0 spiro atoms. The Balaban J connectivity index is 0.00000338. The second-order valence-corrected chi connectivity index (χ2v) is 6.58. The van der Waals surface area contributed by atoms with Gasteiger partial charge in [0.2, 0.25) is 0 Å². The predicted molar refractivity (Wildman–Crippen MR) is 106 cm³/mol. The third kappa shape index (κ3) is 4.22. The Kier molecular flexibility index (Phi) is 7.71. The number of hydrogen-bond donors (Lipinski definition) is 0. The molecule has 1 heterocycles. The van der Waals surface area contributed by atoms with Gasteiger partial charge in [-0.1, -0.05) is 0 Å². The maximum Gasteiger partial charge on any atom is 0.331 e. The number of rotatable bonds is 7. The van der Waals surface area contributed by atoms with Crippen molar-refractivity contribution in [3.63, 3.8) is 0 Å². The summed E-state index contributed by atoms with van der Waals surface area (Å²) in [6, 6.07) is 3.13. The summed E-state index contributed by atoms with van der Waals surface area (Å²) in [5.74, 6) is 0.971. The first kappa shape index (κ1) is 22.1. The summed E-state index contributed by atoms with van der Waals surface area (Å²) < 4.78 is 13.6. The number of hydrogen-bond acceptors (Lipinski definition) is 5. The van der Waals surface area contributed by atoms with Crippen molar-refractivity contribution >= 4 is 23.3 Å². The maximum absolute atomic E-state index is 12.9. The normalized spacial score (nSPS) is 11.1. The van der Waals surface area contributed by atoms with E-state index in [0.717, 1.165) is 13.0 Å². The summed E-state index contributed by atoms with van der Waals surface area (Å²) in [5, 5.41) is 0.454. The number of aromatic nitrogens is 2. The molecule has 1 aromatic carbocycles. The van der Waals surface area contributed by atoms with Gasteiger partial charge in [0.05, 0.1) is 25.1 Å². The monoisotopic (exact) mass is 385 g/mol. The Morgan fingerprint density at radius 2 is 1.65 bits per heavy atom. The van der Waals surface area contributed by atoms with Crippen LogP contribution in [0.1, 0.15) is 26.3 Å². The van der Waals surface area contributed by atoms with Crippen LogP contribution in [0, 0.1) is 0 Å². The first-order chi connectivity index (χ1) is 11.8. The molecule has 0 aliphatic carbocycles. The summed E-state index contributed by atoms with van der Waals surface area (Å²) in [6.45, 7) is 5.04. The van der Waals surface area contributed by atoms with E-state index in [4.69, 9.17) is 9.47 Å². The van der Waals surface area contributed by atoms with Crippen LogP contribution >= 0.6 is 12.4 Å². The van der Waals surface area contributed by atoms with Crippen molar-refractivity contribution in [2.24, 2.45) is 0 Å². The zero-order chi connectivity index (χ0) is 18.7. The smallest absolute Gasteiger partial charge is 0.331 e. The van der Waals surface area contributed by atoms with Crippen molar-refractivity contribution in [1.29, 1.82) is 0 Å². The third-order valence-corrected chi connectivity index (χ3v) is 4.18. The van der Waals surface area contributed by atoms with Crippen LogP contribution in [0.4, 0.5) is 0 Å². The molecule has 0 N–H and O–H groups in total. The molecule has 0 saturated carbocycles. The number of aryl methyl sites for hydroxylation is 1. The highest BCUT2D eigenvalue weighted by atomic mass is 35.5. The van der Waals surface area contributed by atoms with Gasteiger partial charge in [-0.2, -0.15) is 0 Å². The fourth-order valence-corrected chi connectivity index (χ4v) is 2.93. The summed E-state index contributed by atoms with van der Waals surface area (Å²) in [6.07, 6.45) is 0.798. The average molecular weight is 386 g/mol. The minimum Gasteiger partial charge on any atom is -0.493 e. The third-order valence-electron chi connectivity index (χ3n) is 4.18. The van der Waals surface area contributed by atoms with Gasteiger partial charge in [0.15, 0.2) is 11.5 Å². The molecule has 0 aliphatic heterocycles. The van der Waals surface area contributed by atoms with Crippen LogP contribution in [-0.4, -0.2) is 48.9 Å². The van der Waals surface area contributed by atoms with Crippen LogP contribution in [-0.2, 0) is 6.54 Å². The van der Waals surface area contributed by atoms with E-state index >= 15 is 0 Å². The molecule has 0 bridgehead atoms. The number of ether oxygens (including phenoxy) is 2. The van der Waals surface area contributed by atoms with Gasteiger partial charge in [0.1, 0.15) is 0 Å². The highest BCUT2D eigenvalue weighted by Gasteiger charge is 2.18. The van der Waals surface area contributed by atoms with Gasteiger partial charge in [0, 0.05) is 18.7 Å². The molecule has 2 rings (SSSR count). The first-order valence-electron chi connectivity index (χ1n) is 8.37. The molecule has 7 nitrogen and oxygen atoms in total. The molecule has 0 aliphatic rings. The second kappa shape index (κ2) is 9.09. The van der Waals surface area contributed by atoms with E-state index < -0.39 is 0 Å². The molecule has 1 aromatic heterocycles. The molecular weight excluding hydrogens is 358 g/mol. The zero-order valence-electron chi connectivity index (χ0n) is 16.2. The van der Waals surface area contributed by atoms with Gasteiger partial charge < -0.3 is 14.4 Å². The molecule has 0 saturated heterocycles. The lowest BCUT2D eigenvalue weighted by Gasteiger charge is -2.18. The molecule has 0 radical (unpaired) electrons. The molecule has 8 heteroatoms. The fourth-order valence-electron chi connectivity index (χ4n) is 2.93. The molecule has 0 amide bonds. The molecule has 2 aromatic rings. The highest BCUT2D eigenvalue weighted by Crippen LogP contribution is 2.30. The summed E-state index contributed by atoms with van der Waals surface area (Å²) in [7, 11) is 7.04. The molecule has 0 fully saturated rings. The lowest BCUT2D eigenvalue weighted by atomic mass is 10.2. The largest absolute Gasteiger partial charge is 0.493 e. The van der Waals surface area contributed by atoms with Gasteiger partial charge in [-0.15, -0.1) is 12.4 Å². The number of methoxy groups -OCH3 is 2. The second-order valence-electron chi connectivity index (χ2n) is 6.58. The van der Waals surface area contributed by atoms with Crippen molar-refractivity contribution in [3.05, 3.63) is 33.0 Å². The van der Waals surface area contributed by atoms with E-state index in [2.05, 4.69) is 4.90 Å². The van der Waals surface area contributed by atoms with Crippen molar-refractivity contribution in [1.82, 2.24) is 14.0 Å². The highest BCUT2D eigenvalue weighted by molar-refractivity contribution is 5.85. The van der Waals surface area contributed by atoms with E-state index in [1.54, 1.807) is 16.7 Å².